The molecule has 0 radical (unpaired) electrons. The molecule has 0 bridgehead atoms. The number of likely N-dealkylation sites (N-methyl/N-ethyl adjacent to an activating group) is 1. The third-order valence-corrected chi connectivity index (χ3v) is 4.94. The highest BCUT2D eigenvalue weighted by atomic mass is 19.1. The lowest BCUT2D eigenvalue weighted by Gasteiger charge is -2.29. The number of aromatic nitrogens is 3. The number of hydrogen-bond donors (Lipinski definition) is 0. The van der Waals surface area contributed by atoms with E-state index in [-0.39, 0.29) is 24.3 Å². The van der Waals surface area contributed by atoms with Crippen molar-refractivity contribution in [1.82, 2.24) is 19.9 Å². The van der Waals surface area contributed by atoms with E-state index in [0.717, 1.165) is 24.1 Å². The lowest BCUT2D eigenvalue weighted by molar-refractivity contribution is -0.133. The SMILES string of the molecule is CN(C(=O)Cn1cc(C2CC2)nn1)[C@H](c1ccc(F)cc1)C1CC1. The zero-order valence-corrected chi connectivity index (χ0v) is 13.7. The zero-order valence-electron chi connectivity index (χ0n) is 13.7. The van der Waals surface area contributed by atoms with Crippen molar-refractivity contribution in [2.75, 3.05) is 7.05 Å². The second-order valence-electron chi connectivity index (χ2n) is 6.95. The number of amides is 1. The van der Waals surface area contributed by atoms with Gasteiger partial charge in [-0.15, -0.1) is 5.10 Å². The van der Waals surface area contributed by atoms with Gasteiger partial charge in [-0.1, -0.05) is 17.3 Å². The maximum atomic E-state index is 13.2. The Hall–Kier alpha value is -2.24. The number of benzene rings is 1. The smallest absolute Gasteiger partial charge is 0.244 e. The normalized spacial score (nSPS) is 18.4. The lowest BCUT2D eigenvalue weighted by atomic mass is 10.0. The van der Waals surface area contributed by atoms with Crippen LogP contribution in [-0.4, -0.2) is 32.8 Å². The average Bonchev–Trinajstić information content (AvgIpc) is 3.49. The molecule has 2 aliphatic carbocycles. The quantitative estimate of drug-likeness (QED) is 0.819. The zero-order chi connectivity index (χ0) is 16.7. The molecule has 126 valence electrons. The van der Waals surface area contributed by atoms with Crippen molar-refractivity contribution in [1.29, 1.82) is 0 Å². The fourth-order valence-corrected chi connectivity index (χ4v) is 3.25. The molecule has 4 rings (SSSR count). The molecule has 1 aromatic carbocycles. The van der Waals surface area contributed by atoms with Crippen molar-refractivity contribution < 1.29 is 9.18 Å². The van der Waals surface area contributed by atoms with Crippen molar-refractivity contribution in [3.63, 3.8) is 0 Å². The molecule has 2 aliphatic rings. The van der Waals surface area contributed by atoms with E-state index in [4.69, 9.17) is 0 Å². The van der Waals surface area contributed by atoms with Gasteiger partial charge < -0.3 is 4.90 Å². The Kier molecular flexibility index (Phi) is 3.82. The lowest BCUT2D eigenvalue weighted by Crippen LogP contribution is -2.35. The van der Waals surface area contributed by atoms with Crippen LogP contribution in [0.2, 0.25) is 0 Å². The predicted octanol–water partition coefficient (Wildman–Crippen LogP) is 2.90. The summed E-state index contributed by atoms with van der Waals surface area (Å²) in [4.78, 5) is 14.5. The fraction of sp³-hybridized carbons (Fsp3) is 0.500. The summed E-state index contributed by atoms with van der Waals surface area (Å²) in [5.41, 5.74) is 1.98. The minimum atomic E-state index is -0.252. The minimum Gasteiger partial charge on any atom is -0.337 e. The Balaban J connectivity index is 1.47. The van der Waals surface area contributed by atoms with Crippen molar-refractivity contribution >= 4 is 5.91 Å². The molecule has 6 heteroatoms. The van der Waals surface area contributed by atoms with E-state index in [0.29, 0.717) is 11.8 Å². The molecule has 2 fully saturated rings. The molecular formula is C18H21FN4O. The molecule has 0 unspecified atom stereocenters. The van der Waals surface area contributed by atoms with E-state index in [2.05, 4.69) is 10.3 Å². The third kappa shape index (κ3) is 3.18. The van der Waals surface area contributed by atoms with E-state index in [1.54, 1.807) is 21.7 Å². The maximum absolute atomic E-state index is 13.2. The summed E-state index contributed by atoms with van der Waals surface area (Å²) in [5.74, 6) is 0.744. The largest absolute Gasteiger partial charge is 0.337 e. The first-order valence-electron chi connectivity index (χ1n) is 8.53. The van der Waals surface area contributed by atoms with Crippen LogP contribution in [-0.2, 0) is 11.3 Å². The fourth-order valence-electron chi connectivity index (χ4n) is 3.25. The van der Waals surface area contributed by atoms with Crippen LogP contribution >= 0.6 is 0 Å². The standard InChI is InChI=1S/C18H21FN4O/c1-22(17(24)11-23-10-16(20-21-23)12-2-3-12)18(13-4-5-13)14-6-8-15(19)9-7-14/h6-10,12-13,18H,2-5,11H2,1H3/t18-/m0/s1. The van der Waals surface area contributed by atoms with Crippen molar-refractivity contribution in [2.24, 2.45) is 5.92 Å². The average molecular weight is 328 g/mol. The molecule has 1 atom stereocenters. The van der Waals surface area contributed by atoms with E-state index >= 15 is 0 Å². The summed E-state index contributed by atoms with van der Waals surface area (Å²) in [5, 5.41) is 8.22. The molecule has 1 amide bonds. The van der Waals surface area contributed by atoms with E-state index < -0.39 is 0 Å². The first-order chi connectivity index (χ1) is 11.6. The molecular weight excluding hydrogens is 307 g/mol. The molecule has 1 aromatic heterocycles. The Morgan fingerprint density at radius 3 is 2.62 bits per heavy atom. The van der Waals surface area contributed by atoms with Gasteiger partial charge >= 0.3 is 0 Å². The van der Waals surface area contributed by atoms with Gasteiger partial charge in [-0.25, -0.2) is 9.07 Å². The molecule has 1 heterocycles. The Morgan fingerprint density at radius 1 is 1.29 bits per heavy atom. The van der Waals surface area contributed by atoms with Crippen molar-refractivity contribution in [3.05, 3.63) is 47.5 Å². The van der Waals surface area contributed by atoms with Crippen LogP contribution in [0.5, 0.6) is 0 Å². The molecule has 0 aliphatic heterocycles. The highest BCUT2D eigenvalue weighted by molar-refractivity contribution is 5.76. The highest BCUT2D eigenvalue weighted by Crippen LogP contribution is 2.44. The van der Waals surface area contributed by atoms with Crippen LogP contribution in [0.25, 0.3) is 0 Å². The minimum absolute atomic E-state index is 0.00321. The maximum Gasteiger partial charge on any atom is 0.244 e. The molecule has 0 saturated heterocycles. The van der Waals surface area contributed by atoms with Crippen LogP contribution < -0.4 is 0 Å². The van der Waals surface area contributed by atoms with Crippen molar-refractivity contribution in [2.45, 2.75) is 44.2 Å². The van der Waals surface area contributed by atoms with E-state index in [1.807, 2.05) is 13.2 Å². The summed E-state index contributed by atoms with van der Waals surface area (Å²) in [7, 11) is 1.83. The van der Waals surface area contributed by atoms with Crippen LogP contribution in [0.3, 0.4) is 0 Å². The first-order valence-corrected chi connectivity index (χ1v) is 8.53. The van der Waals surface area contributed by atoms with Crippen LogP contribution in [0.1, 0.15) is 48.9 Å². The van der Waals surface area contributed by atoms with Crippen LogP contribution in [0, 0.1) is 11.7 Å². The van der Waals surface area contributed by atoms with Gasteiger partial charge in [0.2, 0.25) is 5.91 Å². The molecule has 5 nitrogen and oxygen atoms in total. The van der Waals surface area contributed by atoms with Crippen molar-refractivity contribution in [3.8, 4) is 0 Å². The number of nitrogens with zero attached hydrogens (tertiary/aromatic N) is 4. The summed E-state index contributed by atoms with van der Waals surface area (Å²) >= 11 is 0. The van der Waals surface area contributed by atoms with E-state index in [9.17, 15) is 9.18 Å². The molecule has 24 heavy (non-hydrogen) atoms. The summed E-state index contributed by atoms with van der Waals surface area (Å²) in [6.07, 6.45) is 6.43. The highest BCUT2D eigenvalue weighted by Gasteiger charge is 2.37. The first kappa shape index (κ1) is 15.3. The van der Waals surface area contributed by atoms with Crippen LogP contribution in [0.15, 0.2) is 30.5 Å². The molecule has 2 aromatic rings. The summed E-state index contributed by atoms with van der Waals surface area (Å²) in [6, 6.07) is 6.49. The van der Waals surface area contributed by atoms with E-state index in [1.165, 1.54) is 25.0 Å². The summed E-state index contributed by atoms with van der Waals surface area (Å²) in [6.45, 7) is 0.195. The van der Waals surface area contributed by atoms with Gasteiger partial charge in [0, 0.05) is 19.2 Å². The molecule has 0 N–H and O–H groups in total. The van der Waals surface area contributed by atoms with Crippen LogP contribution in [0.4, 0.5) is 4.39 Å². The Bertz CT molecular complexity index is 734. The third-order valence-electron chi connectivity index (χ3n) is 4.94. The number of carbonyl (C=O) groups is 1. The van der Waals surface area contributed by atoms with Gasteiger partial charge in [0.05, 0.1) is 11.7 Å². The van der Waals surface area contributed by atoms with Gasteiger partial charge in [-0.2, -0.15) is 0 Å². The number of halogens is 1. The summed E-state index contributed by atoms with van der Waals surface area (Å²) < 4.78 is 14.8. The number of carbonyl (C=O) groups excluding carboxylic acids is 1. The number of rotatable bonds is 6. The molecule has 0 spiro atoms. The second kappa shape index (κ2) is 6.00. The Morgan fingerprint density at radius 2 is 2.00 bits per heavy atom. The van der Waals surface area contributed by atoms with Gasteiger partial charge in [0.15, 0.2) is 0 Å². The van der Waals surface area contributed by atoms with Gasteiger partial charge in [-0.3, -0.25) is 4.79 Å². The Labute approximate surface area is 140 Å². The second-order valence-corrected chi connectivity index (χ2v) is 6.95. The van der Waals surface area contributed by atoms with Gasteiger partial charge in [-0.05, 0) is 49.3 Å². The molecule has 2 saturated carbocycles. The topological polar surface area (TPSA) is 51.0 Å². The monoisotopic (exact) mass is 328 g/mol. The number of hydrogen-bond acceptors (Lipinski definition) is 3. The van der Waals surface area contributed by atoms with Gasteiger partial charge in [0.25, 0.3) is 0 Å². The van der Waals surface area contributed by atoms with Gasteiger partial charge in [0.1, 0.15) is 12.4 Å². The predicted molar refractivity (Wildman–Crippen MR) is 86.6 cm³/mol.